The van der Waals surface area contributed by atoms with Gasteiger partial charge in [0.2, 0.25) is 0 Å². The molecule has 0 saturated carbocycles. The molecule has 6 nitrogen and oxygen atoms in total. The highest BCUT2D eigenvalue weighted by Crippen LogP contribution is 2.29. The molecule has 0 saturated heterocycles. The molecule has 0 bridgehead atoms. The minimum absolute atomic E-state index is 0.0801. The lowest BCUT2D eigenvalue weighted by atomic mass is 9.99. The Morgan fingerprint density at radius 2 is 1.23 bits per heavy atom. The molecule has 0 unspecified atom stereocenters. The van der Waals surface area contributed by atoms with Crippen LogP contribution in [0.4, 0.5) is 0 Å². The zero-order valence-electron chi connectivity index (χ0n) is 17.8. The first-order valence-corrected chi connectivity index (χ1v) is 10.3. The van der Waals surface area contributed by atoms with Crippen molar-refractivity contribution in [2.45, 2.75) is 20.3 Å². The van der Waals surface area contributed by atoms with Gasteiger partial charge in [-0.2, -0.15) is 0 Å². The lowest BCUT2D eigenvalue weighted by molar-refractivity contribution is 0.00708. The summed E-state index contributed by atoms with van der Waals surface area (Å²) in [6.45, 7) is 7.81. The lowest BCUT2D eigenvalue weighted by Crippen LogP contribution is -2.13. The van der Waals surface area contributed by atoms with Crippen LogP contribution in [0, 0.1) is 13.8 Å². The second kappa shape index (κ2) is 11.7. The van der Waals surface area contributed by atoms with Crippen LogP contribution in [0.1, 0.15) is 27.0 Å². The number of ketones is 1. The quantitative estimate of drug-likeness (QED) is 0.716. The number of hydrogen-bond donors (Lipinski definition) is 0. The molecule has 6 heteroatoms. The first-order chi connectivity index (χ1) is 14.6. The summed E-state index contributed by atoms with van der Waals surface area (Å²) < 4.78 is 28.1. The second-order valence-electron chi connectivity index (χ2n) is 7.29. The second-order valence-corrected chi connectivity index (χ2v) is 7.29. The molecule has 162 valence electrons. The van der Waals surface area contributed by atoms with Crippen molar-refractivity contribution < 1.29 is 28.5 Å². The summed E-state index contributed by atoms with van der Waals surface area (Å²) in [5, 5.41) is 0. The van der Waals surface area contributed by atoms with Gasteiger partial charge in [-0.1, -0.05) is 23.3 Å². The Bertz CT molecular complexity index is 812. The van der Waals surface area contributed by atoms with E-state index in [1.807, 2.05) is 44.2 Å². The summed E-state index contributed by atoms with van der Waals surface area (Å²) in [7, 11) is 0. The summed E-state index contributed by atoms with van der Waals surface area (Å²) in [5.41, 5.74) is 3.78. The molecule has 1 aliphatic rings. The predicted octanol–water partition coefficient (Wildman–Crippen LogP) is 3.55. The summed E-state index contributed by atoms with van der Waals surface area (Å²) in [6, 6.07) is 11.5. The van der Waals surface area contributed by atoms with Crippen LogP contribution in [0.5, 0.6) is 11.5 Å². The van der Waals surface area contributed by atoms with Crippen molar-refractivity contribution in [3.05, 3.63) is 58.7 Å². The molecule has 0 fully saturated rings. The zero-order valence-corrected chi connectivity index (χ0v) is 17.8. The fourth-order valence-corrected chi connectivity index (χ4v) is 3.28. The van der Waals surface area contributed by atoms with Crippen molar-refractivity contribution in [2.75, 3.05) is 52.9 Å². The molecule has 1 heterocycles. The number of benzene rings is 2. The third kappa shape index (κ3) is 7.13. The van der Waals surface area contributed by atoms with Crippen LogP contribution in [-0.2, 0) is 20.6 Å². The minimum atomic E-state index is 0.0801. The standard InChI is InChI=1S/C24H30O6/c1-18-13-19(2)15-21(14-18)22(25)16-20-3-4-23-24(17-20)30-12-10-28-8-6-26-5-7-27-9-11-29-23/h3-4,13-15,17H,5-12,16H2,1-2H3. The molecule has 0 aliphatic carbocycles. The van der Waals surface area contributed by atoms with E-state index in [9.17, 15) is 4.79 Å². The molecule has 30 heavy (non-hydrogen) atoms. The van der Waals surface area contributed by atoms with Gasteiger partial charge in [0.1, 0.15) is 13.2 Å². The Kier molecular flexibility index (Phi) is 8.68. The van der Waals surface area contributed by atoms with Crippen LogP contribution in [0.25, 0.3) is 0 Å². The molecular formula is C24H30O6. The van der Waals surface area contributed by atoms with Gasteiger partial charge in [-0.05, 0) is 43.7 Å². The summed E-state index contributed by atoms with van der Waals surface area (Å²) in [5.74, 6) is 1.32. The van der Waals surface area contributed by atoms with Crippen LogP contribution in [0.2, 0.25) is 0 Å². The van der Waals surface area contributed by atoms with Crippen molar-refractivity contribution in [3.8, 4) is 11.5 Å². The van der Waals surface area contributed by atoms with E-state index in [2.05, 4.69) is 6.07 Å². The zero-order chi connectivity index (χ0) is 21.2. The third-order valence-electron chi connectivity index (χ3n) is 4.63. The number of aryl methyl sites for hydroxylation is 2. The molecule has 3 rings (SSSR count). The van der Waals surface area contributed by atoms with Crippen LogP contribution in [-0.4, -0.2) is 58.6 Å². The van der Waals surface area contributed by atoms with E-state index in [1.54, 1.807) is 0 Å². The van der Waals surface area contributed by atoms with Gasteiger partial charge in [0.15, 0.2) is 17.3 Å². The Balaban J connectivity index is 1.69. The van der Waals surface area contributed by atoms with E-state index in [0.717, 1.165) is 22.3 Å². The molecule has 0 N–H and O–H groups in total. The fourth-order valence-electron chi connectivity index (χ4n) is 3.28. The average Bonchev–Trinajstić information content (AvgIpc) is 2.72. The van der Waals surface area contributed by atoms with Gasteiger partial charge in [-0.15, -0.1) is 0 Å². The molecule has 0 atom stereocenters. The van der Waals surface area contributed by atoms with Gasteiger partial charge in [0.25, 0.3) is 0 Å². The highest BCUT2D eigenvalue weighted by atomic mass is 16.6. The molecule has 1 aliphatic heterocycles. The van der Waals surface area contributed by atoms with Crippen LogP contribution in [0.3, 0.4) is 0 Å². The SMILES string of the molecule is Cc1cc(C)cc(C(=O)Cc2ccc3c(c2)OCCOCCOCCOCCO3)c1. The van der Waals surface area contributed by atoms with Gasteiger partial charge in [-0.3, -0.25) is 4.79 Å². The van der Waals surface area contributed by atoms with E-state index in [1.165, 1.54) is 0 Å². The maximum absolute atomic E-state index is 12.8. The highest BCUT2D eigenvalue weighted by molar-refractivity contribution is 5.97. The number of fused-ring (bicyclic) bond motifs is 1. The topological polar surface area (TPSA) is 63.2 Å². The van der Waals surface area contributed by atoms with Crippen molar-refractivity contribution >= 4 is 5.78 Å². The molecule has 0 aromatic heterocycles. The minimum Gasteiger partial charge on any atom is -0.487 e. The molecule has 0 amide bonds. The summed E-state index contributed by atoms with van der Waals surface area (Å²) in [4.78, 5) is 12.8. The van der Waals surface area contributed by atoms with Gasteiger partial charge in [0, 0.05) is 12.0 Å². The predicted molar refractivity (Wildman–Crippen MR) is 114 cm³/mol. The van der Waals surface area contributed by atoms with Gasteiger partial charge >= 0.3 is 0 Å². The van der Waals surface area contributed by atoms with Crippen molar-refractivity contribution in [1.29, 1.82) is 0 Å². The first kappa shape index (κ1) is 22.3. The molecular weight excluding hydrogens is 384 g/mol. The van der Waals surface area contributed by atoms with Crippen molar-refractivity contribution in [2.24, 2.45) is 0 Å². The Labute approximate surface area is 178 Å². The molecule has 0 radical (unpaired) electrons. The Hall–Kier alpha value is -2.41. The smallest absolute Gasteiger partial charge is 0.167 e. The summed E-state index contributed by atoms with van der Waals surface area (Å²) in [6.07, 6.45) is 0.302. The summed E-state index contributed by atoms with van der Waals surface area (Å²) >= 11 is 0. The number of rotatable bonds is 3. The normalized spacial score (nSPS) is 16.3. The Morgan fingerprint density at radius 1 is 0.700 bits per heavy atom. The number of ether oxygens (including phenoxy) is 5. The third-order valence-corrected chi connectivity index (χ3v) is 4.63. The van der Waals surface area contributed by atoms with Crippen molar-refractivity contribution in [3.63, 3.8) is 0 Å². The van der Waals surface area contributed by atoms with Gasteiger partial charge in [-0.25, -0.2) is 0 Å². The highest BCUT2D eigenvalue weighted by Gasteiger charge is 2.12. The van der Waals surface area contributed by atoms with E-state index in [-0.39, 0.29) is 5.78 Å². The Morgan fingerprint density at radius 3 is 1.83 bits per heavy atom. The van der Waals surface area contributed by atoms with E-state index in [0.29, 0.717) is 70.8 Å². The van der Waals surface area contributed by atoms with Crippen molar-refractivity contribution in [1.82, 2.24) is 0 Å². The number of carbonyl (C=O) groups excluding carboxylic acids is 1. The van der Waals surface area contributed by atoms with E-state index >= 15 is 0 Å². The number of carbonyl (C=O) groups is 1. The largest absolute Gasteiger partial charge is 0.487 e. The first-order valence-electron chi connectivity index (χ1n) is 10.3. The van der Waals surface area contributed by atoms with Crippen LogP contribution in [0.15, 0.2) is 36.4 Å². The molecule has 2 aromatic rings. The maximum Gasteiger partial charge on any atom is 0.167 e. The maximum atomic E-state index is 12.8. The van der Waals surface area contributed by atoms with Crippen LogP contribution < -0.4 is 9.47 Å². The molecule has 2 aromatic carbocycles. The van der Waals surface area contributed by atoms with Gasteiger partial charge in [0.05, 0.1) is 39.6 Å². The monoisotopic (exact) mass is 414 g/mol. The average molecular weight is 414 g/mol. The lowest BCUT2D eigenvalue weighted by Gasteiger charge is -2.14. The van der Waals surface area contributed by atoms with Gasteiger partial charge < -0.3 is 23.7 Å². The van der Waals surface area contributed by atoms with E-state index < -0.39 is 0 Å². The number of hydrogen-bond acceptors (Lipinski definition) is 6. The van der Waals surface area contributed by atoms with E-state index in [4.69, 9.17) is 23.7 Å². The fraction of sp³-hybridized carbons (Fsp3) is 0.458. The van der Waals surface area contributed by atoms with Crippen LogP contribution >= 0.6 is 0 Å². The molecule has 0 spiro atoms. The number of Topliss-reactive ketones (excluding diaryl/α,β-unsaturated/α-hetero) is 1.